The third-order valence-corrected chi connectivity index (χ3v) is 4.80. The Bertz CT molecular complexity index is 1070. The summed E-state index contributed by atoms with van der Waals surface area (Å²) >= 11 is 0. The molecule has 8 heteroatoms. The zero-order valence-electron chi connectivity index (χ0n) is 14.1. The summed E-state index contributed by atoms with van der Waals surface area (Å²) in [4.78, 5) is 15.4. The van der Waals surface area contributed by atoms with Gasteiger partial charge in [0.25, 0.3) is 0 Å². The van der Waals surface area contributed by atoms with Crippen LogP contribution in [0, 0.1) is 0 Å². The number of rotatable bonds is 5. The fourth-order valence-corrected chi connectivity index (χ4v) is 3.40. The normalized spacial score (nSPS) is 11.2. The van der Waals surface area contributed by atoms with Crippen LogP contribution < -0.4 is 14.2 Å². The van der Waals surface area contributed by atoms with Gasteiger partial charge in [0, 0.05) is 18.5 Å². The number of methoxy groups -OCH3 is 1. The van der Waals surface area contributed by atoms with Crippen LogP contribution in [0.4, 0.5) is 5.69 Å². The van der Waals surface area contributed by atoms with Crippen molar-refractivity contribution in [3.8, 4) is 11.5 Å². The number of para-hydroxylation sites is 1. The predicted octanol–water partition coefficient (Wildman–Crippen LogP) is 2.97. The molecule has 0 aliphatic rings. The molecule has 3 aromatic rings. The molecule has 1 aromatic heterocycles. The highest BCUT2D eigenvalue weighted by molar-refractivity contribution is 7.87. The highest BCUT2D eigenvalue weighted by atomic mass is 32.2. The number of aromatic nitrogens is 1. The summed E-state index contributed by atoms with van der Waals surface area (Å²) in [5, 5.41) is 3.29. The Morgan fingerprint density at radius 1 is 1.08 bits per heavy atom. The Labute approximate surface area is 150 Å². The molecule has 0 bridgehead atoms. The van der Waals surface area contributed by atoms with Crippen molar-refractivity contribution in [1.82, 2.24) is 4.98 Å². The van der Waals surface area contributed by atoms with Crippen LogP contribution >= 0.6 is 0 Å². The van der Waals surface area contributed by atoms with E-state index in [1.807, 2.05) is 12.1 Å². The first-order valence-corrected chi connectivity index (χ1v) is 9.05. The average Bonchev–Trinajstić information content (AvgIpc) is 2.61. The third kappa shape index (κ3) is 3.60. The summed E-state index contributed by atoms with van der Waals surface area (Å²) in [5.41, 5.74) is 0.676. The van der Waals surface area contributed by atoms with Crippen LogP contribution in [0.15, 0.2) is 59.6 Å². The zero-order chi connectivity index (χ0) is 18.7. The van der Waals surface area contributed by atoms with E-state index in [0.29, 0.717) is 11.3 Å². The lowest BCUT2D eigenvalue weighted by Gasteiger charge is -2.12. The number of amides is 1. The molecule has 0 unspecified atom stereocenters. The molecule has 0 saturated carbocycles. The Hall–Kier alpha value is -3.13. The Morgan fingerprint density at radius 3 is 2.58 bits per heavy atom. The summed E-state index contributed by atoms with van der Waals surface area (Å²) in [6, 6.07) is 12.7. The first-order chi connectivity index (χ1) is 12.4. The highest BCUT2D eigenvalue weighted by Gasteiger charge is 2.20. The second-order valence-electron chi connectivity index (χ2n) is 5.41. The number of hydrogen-bond acceptors (Lipinski definition) is 6. The van der Waals surface area contributed by atoms with E-state index in [-0.39, 0.29) is 22.2 Å². The molecule has 0 fully saturated rings. The average molecular weight is 372 g/mol. The lowest BCUT2D eigenvalue weighted by Crippen LogP contribution is -2.12. The maximum atomic E-state index is 12.7. The Balaban J connectivity index is 2.01. The minimum Gasteiger partial charge on any atom is -0.495 e. The van der Waals surface area contributed by atoms with Gasteiger partial charge >= 0.3 is 10.1 Å². The molecule has 26 heavy (non-hydrogen) atoms. The second kappa shape index (κ2) is 7.01. The fraction of sp³-hybridized carbons (Fsp3) is 0.111. The fourth-order valence-electron chi connectivity index (χ4n) is 2.44. The molecule has 0 atom stereocenters. The van der Waals surface area contributed by atoms with E-state index in [0.717, 1.165) is 5.39 Å². The van der Waals surface area contributed by atoms with Crippen molar-refractivity contribution in [2.24, 2.45) is 0 Å². The van der Waals surface area contributed by atoms with Gasteiger partial charge < -0.3 is 14.2 Å². The van der Waals surface area contributed by atoms with Crippen molar-refractivity contribution >= 4 is 32.6 Å². The number of ether oxygens (including phenoxy) is 1. The zero-order valence-corrected chi connectivity index (χ0v) is 14.9. The molecule has 0 spiro atoms. The van der Waals surface area contributed by atoms with Gasteiger partial charge in [-0.1, -0.05) is 18.2 Å². The van der Waals surface area contributed by atoms with E-state index in [1.54, 1.807) is 18.3 Å². The highest BCUT2D eigenvalue weighted by Crippen LogP contribution is 2.30. The van der Waals surface area contributed by atoms with Gasteiger partial charge in [0.2, 0.25) is 5.91 Å². The van der Waals surface area contributed by atoms with Crippen molar-refractivity contribution in [3.05, 3.63) is 54.7 Å². The van der Waals surface area contributed by atoms with Gasteiger partial charge in [0.15, 0.2) is 5.75 Å². The van der Waals surface area contributed by atoms with Crippen molar-refractivity contribution < 1.29 is 22.1 Å². The summed E-state index contributed by atoms with van der Waals surface area (Å²) in [6.07, 6.45) is 1.56. The number of pyridine rings is 1. The van der Waals surface area contributed by atoms with E-state index in [9.17, 15) is 13.2 Å². The number of benzene rings is 2. The smallest absolute Gasteiger partial charge is 0.339 e. The number of hydrogen-bond donors (Lipinski definition) is 1. The number of nitrogens with zero attached hydrogens (tertiary/aromatic N) is 1. The van der Waals surface area contributed by atoms with Gasteiger partial charge in [-0.05, 0) is 30.3 Å². The van der Waals surface area contributed by atoms with Crippen molar-refractivity contribution in [1.29, 1.82) is 0 Å². The minimum absolute atomic E-state index is 0.116. The van der Waals surface area contributed by atoms with Gasteiger partial charge in [0.05, 0.1) is 12.8 Å². The van der Waals surface area contributed by atoms with Crippen molar-refractivity contribution in [2.75, 3.05) is 12.4 Å². The number of anilines is 1. The van der Waals surface area contributed by atoms with Crippen LogP contribution in [-0.4, -0.2) is 26.4 Å². The van der Waals surface area contributed by atoms with E-state index in [2.05, 4.69) is 10.3 Å². The van der Waals surface area contributed by atoms with Crippen molar-refractivity contribution in [2.45, 2.75) is 11.8 Å². The second-order valence-corrected chi connectivity index (χ2v) is 6.96. The Morgan fingerprint density at radius 2 is 1.85 bits per heavy atom. The molecule has 0 aliphatic carbocycles. The van der Waals surface area contributed by atoms with Crippen LogP contribution in [0.3, 0.4) is 0 Å². The van der Waals surface area contributed by atoms with Gasteiger partial charge in [-0.15, -0.1) is 0 Å². The molecule has 1 heterocycles. The van der Waals surface area contributed by atoms with Crippen LogP contribution in [0.1, 0.15) is 6.92 Å². The molecule has 0 saturated heterocycles. The summed E-state index contributed by atoms with van der Waals surface area (Å²) in [6.45, 7) is 1.32. The van der Waals surface area contributed by atoms with Crippen LogP contribution in [0.5, 0.6) is 11.5 Å². The molecule has 134 valence electrons. The molecular weight excluding hydrogens is 356 g/mol. The largest absolute Gasteiger partial charge is 0.495 e. The molecule has 3 rings (SSSR count). The van der Waals surface area contributed by atoms with Crippen LogP contribution in [0.25, 0.3) is 10.9 Å². The van der Waals surface area contributed by atoms with E-state index in [4.69, 9.17) is 8.92 Å². The predicted molar refractivity (Wildman–Crippen MR) is 96.9 cm³/mol. The molecule has 0 aliphatic heterocycles. The SMILES string of the molecule is COc1ccc(S(=O)(=O)Oc2cccc3cccnc23)cc1NC(C)=O. The van der Waals surface area contributed by atoms with Crippen molar-refractivity contribution in [3.63, 3.8) is 0 Å². The quantitative estimate of drug-likeness (QED) is 0.692. The lowest BCUT2D eigenvalue weighted by atomic mass is 10.2. The number of nitrogens with one attached hydrogen (secondary N) is 1. The molecular formula is C18H16N2O5S. The lowest BCUT2D eigenvalue weighted by molar-refractivity contribution is -0.114. The molecule has 1 N–H and O–H groups in total. The number of carbonyl (C=O) groups excluding carboxylic acids is 1. The first-order valence-electron chi connectivity index (χ1n) is 7.64. The van der Waals surface area contributed by atoms with Gasteiger partial charge in [-0.25, -0.2) is 0 Å². The Kier molecular flexibility index (Phi) is 4.77. The van der Waals surface area contributed by atoms with E-state index < -0.39 is 10.1 Å². The monoisotopic (exact) mass is 372 g/mol. The standard InChI is InChI=1S/C18H16N2O5S/c1-12(21)20-15-11-14(8-9-16(15)24-2)26(22,23)25-17-7-3-5-13-6-4-10-19-18(13)17/h3-11H,1-2H3,(H,20,21). The van der Waals surface area contributed by atoms with Crippen LogP contribution in [-0.2, 0) is 14.9 Å². The van der Waals surface area contributed by atoms with E-state index >= 15 is 0 Å². The minimum atomic E-state index is -4.13. The van der Waals surface area contributed by atoms with Gasteiger partial charge in [-0.2, -0.15) is 8.42 Å². The summed E-state index contributed by atoms with van der Waals surface area (Å²) < 4.78 is 35.8. The molecule has 0 radical (unpaired) electrons. The number of carbonyl (C=O) groups is 1. The van der Waals surface area contributed by atoms with Gasteiger partial charge in [0.1, 0.15) is 16.2 Å². The topological polar surface area (TPSA) is 94.6 Å². The third-order valence-electron chi connectivity index (χ3n) is 3.57. The van der Waals surface area contributed by atoms with E-state index in [1.165, 1.54) is 38.3 Å². The molecule has 7 nitrogen and oxygen atoms in total. The maximum Gasteiger partial charge on any atom is 0.339 e. The number of fused-ring (bicyclic) bond motifs is 1. The summed E-state index contributed by atoms with van der Waals surface area (Å²) in [5.74, 6) is 0.114. The molecule has 2 aromatic carbocycles. The van der Waals surface area contributed by atoms with Gasteiger partial charge in [-0.3, -0.25) is 9.78 Å². The summed E-state index contributed by atoms with van der Waals surface area (Å²) in [7, 11) is -2.71. The first kappa shape index (κ1) is 17.7. The van der Waals surface area contributed by atoms with Crippen LogP contribution in [0.2, 0.25) is 0 Å². The maximum absolute atomic E-state index is 12.7. The molecule has 1 amide bonds.